The molecule has 4 heteroatoms. The molecule has 0 amide bonds. The third kappa shape index (κ3) is 3.30. The van der Waals surface area contributed by atoms with Crippen LogP contribution < -0.4 is 0 Å². The molecule has 0 aliphatic rings. The predicted molar refractivity (Wildman–Crippen MR) is 26.7 cm³/mol. The molecule has 0 rings (SSSR count). The van der Waals surface area contributed by atoms with Gasteiger partial charge >= 0.3 is 5.97 Å². The van der Waals surface area contributed by atoms with Gasteiger partial charge in [-0.05, 0) is 12.6 Å². The SMILES string of the molecule is N=CCCC(=O)OO. The fraction of sp³-hybridized carbons (Fsp3) is 0.500. The second-order valence-corrected chi connectivity index (χ2v) is 1.21. The molecule has 0 radical (unpaired) electrons. The molecule has 0 atom stereocenters. The van der Waals surface area contributed by atoms with Crippen LogP contribution in [-0.2, 0) is 9.68 Å². The lowest BCUT2D eigenvalue weighted by atomic mass is 10.3. The third-order valence-electron chi connectivity index (χ3n) is 0.595. The lowest BCUT2D eigenvalue weighted by molar-refractivity contribution is -0.234. The molecule has 0 aromatic heterocycles. The van der Waals surface area contributed by atoms with Gasteiger partial charge in [-0.25, -0.2) is 4.79 Å². The minimum absolute atomic E-state index is 0.0694. The van der Waals surface area contributed by atoms with E-state index in [1.54, 1.807) is 0 Å². The van der Waals surface area contributed by atoms with Gasteiger partial charge in [0, 0.05) is 0 Å². The summed E-state index contributed by atoms with van der Waals surface area (Å²) in [4.78, 5) is 13.3. The predicted octanol–water partition coefficient (Wildman–Crippen LogP) is 0.432. The monoisotopic (exact) mass is 117 g/mol. The van der Waals surface area contributed by atoms with E-state index in [4.69, 9.17) is 10.7 Å². The minimum atomic E-state index is -0.700. The molecule has 8 heavy (non-hydrogen) atoms. The molecule has 0 unspecified atom stereocenters. The molecule has 0 bridgehead atoms. The third-order valence-corrected chi connectivity index (χ3v) is 0.595. The van der Waals surface area contributed by atoms with E-state index in [9.17, 15) is 4.79 Å². The Morgan fingerprint density at radius 2 is 2.50 bits per heavy atom. The van der Waals surface area contributed by atoms with E-state index in [0.717, 1.165) is 6.21 Å². The number of hydrogen-bond acceptors (Lipinski definition) is 4. The van der Waals surface area contributed by atoms with E-state index >= 15 is 0 Å². The van der Waals surface area contributed by atoms with Crippen molar-refractivity contribution in [2.75, 3.05) is 0 Å². The lowest BCUT2D eigenvalue weighted by Crippen LogP contribution is -1.99. The van der Waals surface area contributed by atoms with Crippen molar-refractivity contribution in [2.24, 2.45) is 0 Å². The summed E-state index contributed by atoms with van der Waals surface area (Å²) in [6.45, 7) is 0. The Hall–Kier alpha value is -0.900. The van der Waals surface area contributed by atoms with Crippen LogP contribution in [0.4, 0.5) is 0 Å². The van der Waals surface area contributed by atoms with Gasteiger partial charge in [0.2, 0.25) is 0 Å². The summed E-state index contributed by atoms with van der Waals surface area (Å²) < 4.78 is 0. The van der Waals surface area contributed by atoms with Gasteiger partial charge in [0.25, 0.3) is 0 Å². The Balaban J connectivity index is 3.11. The smallest absolute Gasteiger partial charge is 0.313 e. The number of rotatable bonds is 3. The highest BCUT2D eigenvalue weighted by Gasteiger charge is 1.97. The second-order valence-electron chi connectivity index (χ2n) is 1.21. The fourth-order valence-electron chi connectivity index (χ4n) is 0.236. The second kappa shape index (κ2) is 4.26. The summed E-state index contributed by atoms with van der Waals surface area (Å²) in [5, 5.41) is 14.1. The summed E-state index contributed by atoms with van der Waals surface area (Å²) in [7, 11) is 0. The van der Waals surface area contributed by atoms with Gasteiger partial charge in [0.1, 0.15) is 0 Å². The Morgan fingerprint density at radius 3 is 2.88 bits per heavy atom. The average Bonchev–Trinajstić information content (AvgIpc) is 1.83. The van der Waals surface area contributed by atoms with Gasteiger partial charge in [-0.3, -0.25) is 0 Å². The zero-order valence-corrected chi connectivity index (χ0v) is 4.26. The van der Waals surface area contributed by atoms with Crippen molar-refractivity contribution < 1.29 is 14.9 Å². The van der Waals surface area contributed by atoms with Gasteiger partial charge in [0.15, 0.2) is 0 Å². The molecule has 0 heterocycles. The first-order chi connectivity index (χ1) is 3.81. The molecule has 0 spiro atoms. The maximum atomic E-state index is 10.00. The zero-order chi connectivity index (χ0) is 6.41. The van der Waals surface area contributed by atoms with Crippen molar-refractivity contribution in [1.29, 1.82) is 5.41 Å². The largest absolute Gasteiger partial charge is 0.342 e. The maximum Gasteiger partial charge on any atom is 0.342 e. The highest BCUT2D eigenvalue weighted by Crippen LogP contribution is 1.85. The molecule has 0 saturated heterocycles. The van der Waals surface area contributed by atoms with E-state index in [1.165, 1.54) is 0 Å². The van der Waals surface area contributed by atoms with Crippen LogP contribution >= 0.6 is 0 Å². The van der Waals surface area contributed by atoms with Gasteiger partial charge in [-0.15, -0.1) is 0 Å². The zero-order valence-electron chi connectivity index (χ0n) is 4.26. The topological polar surface area (TPSA) is 70.4 Å². The number of nitrogens with one attached hydrogen (secondary N) is 1. The molecule has 0 aliphatic heterocycles. The molecular weight excluding hydrogens is 110 g/mol. The van der Waals surface area contributed by atoms with Gasteiger partial charge in [0.05, 0.1) is 6.42 Å². The molecule has 0 aliphatic carbocycles. The number of carbonyl (C=O) groups excluding carboxylic acids is 1. The Kier molecular flexibility index (Phi) is 3.78. The first kappa shape index (κ1) is 7.10. The van der Waals surface area contributed by atoms with Crippen LogP contribution in [0.5, 0.6) is 0 Å². The van der Waals surface area contributed by atoms with Crippen molar-refractivity contribution in [3.05, 3.63) is 0 Å². The summed E-state index contributed by atoms with van der Waals surface area (Å²) >= 11 is 0. The molecule has 0 aromatic carbocycles. The maximum absolute atomic E-state index is 10.00. The van der Waals surface area contributed by atoms with Crippen LogP contribution in [0.3, 0.4) is 0 Å². The molecule has 46 valence electrons. The van der Waals surface area contributed by atoms with Crippen LogP contribution in [0.25, 0.3) is 0 Å². The molecule has 0 saturated carbocycles. The Bertz CT molecular complexity index is 91.3. The summed E-state index contributed by atoms with van der Waals surface area (Å²) in [6, 6.07) is 0. The van der Waals surface area contributed by atoms with Crippen molar-refractivity contribution in [1.82, 2.24) is 0 Å². The van der Waals surface area contributed by atoms with Crippen LogP contribution in [0, 0.1) is 5.41 Å². The molecular formula is C4H7NO3. The first-order valence-corrected chi connectivity index (χ1v) is 2.14. The van der Waals surface area contributed by atoms with E-state index in [2.05, 4.69) is 4.89 Å². The molecule has 0 fully saturated rings. The average molecular weight is 117 g/mol. The normalized spacial score (nSPS) is 8.12. The molecule has 4 nitrogen and oxygen atoms in total. The lowest BCUT2D eigenvalue weighted by Gasteiger charge is -1.88. The van der Waals surface area contributed by atoms with E-state index in [1.807, 2.05) is 0 Å². The standard InChI is InChI=1S/C4H7NO3/c5-3-1-2-4(6)8-7/h3,5,7H,1-2H2. The van der Waals surface area contributed by atoms with E-state index < -0.39 is 5.97 Å². The first-order valence-electron chi connectivity index (χ1n) is 2.14. The summed E-state index contributed by atoms with van der Waals surface area (Å²) in [5.41, 5.74) is 0. The molecule has 2 N–H and O–H groups in total. The van der Waals surface area contributed by atoms with Crippen LogP contribution in [-0.4, -0.2) is 17.4 Å². The van der Waals surface area contributed by atoms with Crippen molar-refractivity contribution in [2.45, 2.75) is 12.8 Å². The Morgan fingerprint density at radius 1 is 1.88 bits per heavy atom. The summed E-state index contributed by atoms with van der Waals surface area (Å²) in [5.74, 6) is -0.700. The Labute approximate surface area is 46.5 Å². The van der Waals surface area contributed by atoms with Crippen molar-refractivity contribution in [3.63, 3.8) is 0 Å². The quantitative estimate of drug-likeness (QED) is 0.320. The molecule has 0 aromatic rings. The minimum Gasteiger partial charge on any atom is -0.313 e. The van der Waals surface area contributed by atoms with E-state index in [-0.39, 0.29) is 6.42 Å². The summed E-state index contributed by atoms with van der Waals surface area (Å²) in [6.07, 6.45) is 1.47. The fourth-order valence-corrected chi connectivity index (χ4v) is 0.236. The van der Waals surface area contributed by atoms with Crippen molar-refractivity contribution >= 4 is 12.2 Å². The number of carbonyl (C=O) groups is 1. The highest BCUT2D eigenvalue weighted by molar-refractivity contribution is 5.72. The van der Waals surface area contributed by atoms with Gasteiger partial charge in [-0.2, -0.15) is 5.26 Å². The van der Waals surface area contributed by atoms with Crippen LogP contribution in [0.15, 0.2) is 0 Å². The van der Waals surface area contributed by atoms with Crippen molar-refractivity contribution in [3.8, 4) is 0 Å². The van der Waals surface area contributed by atoms with E-state index in [0.29, 0.717) is 6.42 Å². The van der Waals surface area contributed by atoms with Gasteiger partial charge in [-0.1, -0.05) is 0 Å². The highest BCUT2D eigenvalue weighted by atomic mass is 17.1. The van der Waals surface area contributed by atoms with Crippen LogP contribution in [0.1, 0.15) is 12.8 Å². The number of hydrogen-bond donors (Lipinski definition) is 2. The van der Waals surface area contributed by atoms with Crippen LogP contribution in [0.2, 0.25) is 0 Å². The van der Waals surface area contributed by atoms with Gasteiger partial charge < -0.3 is 10.3 Å².